The molecule has 0 spiro atoms. The van der Waals surface area contributed by atoms with Gasteiger partial charge in [-0.3, -0.25) is 0 Å². The van der Waals surface area contributed by atoms with Crippen molar-refractivity contribution in [3.63, 3.8) is 0 Å². The Morgan fingerprint density at radius 1 is 1.19 bits per heavy atom. The monoisotopic (exact) mass is 221 g/mol. The lowest BCUT2D eigenvalue weighted by atomic mass is 9.94. The highest BCUT2D eigenvalue weighted by molar-refractivity contribution is 5.27. The van der Waals surface area contributed by atoms with Gasteiger partial charge in [-0.15, -0.1) is 0 Å². The number of benzene rings is 1. The minimum absolute atomic E-state index is 0.603. The van der Waals surface area contributed by atoms with Gasteiger partial charge in [-0.25, -0.2) is 0 Å². The van der Waals surface area contributed by atoms with Crippen molar-refractivity contribution in [2.24, 2.45) is 0 Å². The third-order valence-corrected chi connectivity index (χ3v) is 2.88. The van der Waals surface area contributed by atoms with Crippen LogP contribution in [0.15, 0.2) is 24.3 Å². The second-order valence-electron chi connectivity index (χ2n) is 4.50. The van der Waals surface area contributed by atoms with Gasteiger partial charge in [-0.2, -0.15) is 0 Å². The molecule has 0 radical (unpaired) electrons. The minimum atomic E-state index is -0.776. The van der Waals surface area contributed by atoms with Gasteiger partial charge in [0.05, 0.1) is 5.60 Å². The van der Waals surface area contributed by atoms with E-state index in [-0.39, 0.29) is 0 Å². The van der Waals surface area contributed by atoms with Gasteiger partial charge in [0.25, 0.3) is 0 Å². The van der Waals surface area contributed by atoms with Crippen LogP contribution in [0, 0.1) is 0 Å². The Labute approximate surface area is 98.7 Å². The first-order chi connectivity index (χ1) is 7.60. The van der Waals surface area contributed by atoms with Crippen molar-refractivity contribution >= 4 is 0 Å². The number of hydrogen-bond acceptors (Lipinski definition) is 2. The van der Waals surface area contributed by atoms with Crippen LogP contribution in [-0.4, -0.2) is 18.2 Å². The lowest BCUT2D eigenvalue weighted by molar-refractivity contribution is 0.0572. The summed E-state index contributed by atoms with van der Waals surface area (Å²) in [6.45, 7) is 7.67. The minimum Gasteiger partial charge on any atom is -0.384 e. The molecule has 0 fully saturated rings. The topological polar surface area (TPSA) is 32.3 Å². The molecule has 0 aliphatic carbocycles. The Balaban J connectivity index is 2.65. The van der Waals surface area contributed by atoms with E-state index in [2.05, 4.69) is 31.3 Å². The summed E-state index contributed by atoms with van der Waals surface area (Å²) in [7, 11) is 0. The average Bonchev–Trinajstić information content (AvgIpc) is 2.29. The zero-order valence-electron chi connectivity index (χ0n) is 10.6. The fraction of sp³-hybridized carbons (Fsp3) is 0.571. The van der Waals surface area contributed by atoms with Gasteiger partial charge in [-0.1, -0.05) is 38.1 Å². The first kappa shape index (κ1) is 13.2. The second kappa shape index (κ2) is 6.02. The molecule has 0 aliphatic heterocycles. The van der Waals surface area contributed by atoms with Gasteiger partial charge in [0.1, 0.15) is 0 Å². The molecule has 0 bridgehead atoms. The van der Waals surface area contributed by atoms with E-state index in [0.717, 1.165) is 24.9 Å². The largest absolute Gasteiger partial charge is 0.384 e. The van der Waals surface area contributed by atoms with Gasteiger partial charge in [0, 0.05) is 6.54 Å². The summed E-state index contributed by atoms with van der Waals surface area (Å²) in [6.07, 6.45) is 2.13. The van der Waals surface area contributed by atoms with Crippen molar-refractivity contribution < 1.29 is 5.11 Å². The van der Waals surface area contributed by atoms with Crippen LogP contribution in [0.1, 0.15) is 38.3 Å². The van der Waals surface area contributed by atoms with E-state index in [9.17, 15) is 5.11 Å². The maximum atomic E-state index is 10.3. The van der Waals surface area contributed by atoms with E-state index in [0.29, 0.717) is 6.54 Å². The van der Waals surface area contributed by atoms with Crippen LogP contribution in [0.4, 0.5) is 0 Å². The van der Waals surface area contributed by atoms with Crippen LogP contribution < -0.4 is 5.32 Å². The number of rotatable bonds is 6. The summed E-state index contributed by atoms with van der Waals surface area (Å²) in [5, 5.41) is 13.6. The molecule has 0 saturated heterocycles. The standard InChI is InChI=1S/C14H23NO/c1-4-10-15-11-14(3,16)13-8-6-12(5-2)7-9-13/h6-9,15-16H,4-5,10-11H2,1-3H3. The predicted molar refractivity (Wildman–Crippen MR) is 68.6 cm³/mol. The zero-order chi connectivity index (χ0) is 12.0. The number of aliphatic hydroxyl groups is 1. The van der Waals surface area contributed by atoms with Crippen molar-refractivity contribution in [1.82, 2.24) is 5.32 Å². The quantitative estimate of drug-likeness (QED) is 0.723. The molecule has 16 heavy (non-hydrogen) atoms. The fourth-order valence-corrected chi connectivity index (χ4v) is 1.71. The molecule has 1 rings (SSSR count). The number of nitrogens with one attached hydrogen (secondary N) is 1. The molecule has 1 unspecified atom stereocenters. The van der Waals surface area contributed by atoms with Crippen molar-refractivity contribution in [1.29, 1.82) is 0 Å². The van der Waals surface area contributed by atoms with Crippen molar-refractivity contribution in [3.8, 4) is 0 Å². The van der Waals surface area contributed by atoms with Crippen LogP contribution in [0.2, 0.25) is 0 Å². The van der Waals surface area contributed by atoms with Crippen molar-refractivity contribution in [2.45, 2.75) is 39.2 Å². The molecule has 2 N–H and O–H groups in total. The van der Waals surface area contributed by atoms with Crippen LogP contribution >= 0.6 is 0 Å². The van der Waals surface area contributed by atoms with E-state index in [4.69, 9.17) is 0 Å². The van der Waals surface area contributed by atoms with Crippen LogP contribution in [-0.2, 0) is 12.0 Å². The Kier molecular flexibility index (Phi) is 4.97. The molecule has 0 heterocycles. The van der Waals surface area contributed by atoms with Crippen LogP contribution in [0.25, 0.3) is 0 Å². The summed E-state index contributed by atoms with van der Waals surface area (Å²) in [4.78, 5) is 0. The average molecular weight is 221 g/mol. The van der Waals surface area contributed by atoms with E-state index >= 15 is 0 Å². The lowest BCUT2D eigenvalue weighted by Crippen LogP contribution is -2.35. The SMILES string of the molecule is CCCNCC(C)(O)c1ccc(CC)cc1. The normalized spacial score (nSPS) is 14.8. The molecule has 0 amide bonds. The van der Waals surface area contributed by atoms with Gasteiger partial charge in [0.2, 0.25) is 0 Å². The highest BCUT2D eigenvalue weighted by Crippen LogP contribution is 2.20. The van der Waals surface area contributed by atoms with Gasteiger partial charge in [-0.05, 0) is 37.4 Å². The van der Waals surface area contributed by atoms with Gasteiger partial charge >= 0.3 is 0 Å². The van der Waals surface area contributed by atoms with E-state index in [1.54, 1.807) is 0 Å². The molecule has 0 aliphatic rings. The first-order valence-electron chi connectivity index (χ1n) is 6.12. The third-order valence-electron chi connectivity index (χ3n) is 2.88. The van der Waals surface area contributed by atoms with E-state index in [1.165, 1.54) is 5.56 Å². The molecule has 0 aromatic heterocycles. The zero-order valence-corrected chi connectivity index (χ0v) is 10.6. The molecule has 1 aromatic carbocycles. The molecule has 2 nitrogen and oxygen atoms in total. The highest BCUT2D eigenvalue weighted by atomic mass is 16.3. The highest BCUT2D eigenvalue weighted by Gasteiger charge is 2.21. The Morgan fingerprint density at radius 2 is 1.81 bits per heavy atom. The summed E-state index contributed by atoms with van der Waals surface area (Å²) in [5.41, 5.74) is 1.51. The summed E-state index contributed by atoms with van der Waals surface area (Å²) in [6, 6.07) is 8.21. The molecule has 0 saturated carbocycles. The molecule has 90 valence electrons. The molecular formula is C14H23NO. The number of hydrogen-bond donors (Lipinski definition) is 2. The summed E-state index contributed by atoms with van der Waals surface area (Å²) in [5.74, 6) is 0. The molecule has 1 atom stereocenters. The molecule has 2 heteroatoms. The Morgan fingerprint density at radius 3 is 2.31 bits per heavy atom. The molecule has 1 aromatic rings. The third kappa shape index (κ3) is 3.62. The number of aryl methyl sites for hydroxylation is 1. The van der Waals surface area contributed by atoms with Gasteiger partial charge in [0.15, 0.2) is 0 Å². The van der Waals surface area contributed by atoms with Crippen LogP contribution in [0.3, 0.4) is 0 Å². The Hall–Kier alpha value is -0.860. The molecular weight excluding hydrogens is 198 g/mol. The maximum Gasteiger partial charge on any atom is 0.0992 e. The first-order valence-corrected chi connectivity index (χ1v) is 6.12. The van der Waals surface area contributed by atoms with Gasteiger partial charge < -0.3 is 10.4 Å². The van der Waals surface area contributed by atoms with E-state index in [1.807, 2.05) is 19.1 Å². The van der Waals surface area contributed by atoms with Crippen molar-refractivity contribution in [2.75, 3.05) is 13.1 Å². The fourth-order valence-electron chi connectivity index (χ4n) is 1.71. The van der Waals surface area contributed by atoms with Crippen molar-refractivity contribution in [3.05, 3.63) is 35.4 Å². The van der Waals surface area contributed by atoms with E-state index < -0.39 is 5.60 Å². The summed E-state index contributed by atoms with van der Waals surface area (Å²) < 4.78 is 0. The maximum absolute atomic E-state index is 10.3. The smallest absolute Gasteiger partial charge is 0.0992 e. The van der Waals surface area contributed by atoms with Crippen LogP contribution in [0.5, 0.6) is 0 Å². The lowest BCUT2D eigenvalue weighted by Gasteiger charge is -2.24. The predicted octanol–water partition coefficient (Wildman–Crippen LogP) is 2.46. The Bertz CT molecular complexity index is 303. The second-order valence-corrected chi connectivity index (χ2v) is 4.50. The summed E-state index contributed by atoms with van der Waals surface area (Å²) >= 11 is 0.